The number of hydrogen-bond acceptors (Lipinski definition) is 3. The minimum Gasteiger partial charge on any atom is -0.240 e. The first-order valence-electron chi connectivity index (χ1n) is 1.35. The van der Waals surface area contributed by atoms with E-state index < -0.39 is 0 Å². The van der Waals surface area contributed by atoms with E-state index in [4.69, 9.17) is 5.26 Å². The van der Waals surface area contributed by atoms with Gasteiger partial charge in [0.1, 0.15) is 0 Å². The molecule has 0 amide bonds. The number of rotatable bonds is 2. The molecule has 5 heavy (non-hydrogen) atoms. The van der Waals surface area contributed by atoms with Gasteiger partial charge in [-0.15, -0.1) is 0 Å². The molecule has 0 aromatic rings. The molecule has 0 aromatic heterocycles. The van der Waals surface area contributed by atoms with Crippen LogP contribution in [0.2, 0.25) is 6.82 Å². The average Bonchev–Trinajstić information content (AvgIpc) is 1.41. The summed E-state index contributed by atoms with van der Waals surface area (Å²) in [5.74, 6) is 0. The molecular weight excluding hydrogens is 86.9 g/mol. The van der Waals surface area contributed by atoms with Crippen molar-refractivity contribution in [3.63, 3.8) is 0 Å². The lowest BCUT2D eigenvalue weighted by Gasteiger charge is -1.78. The van der Waals surface area contributed by atoms with Gasteiger partial charge < -0.3 is 0 Å². The zero-order valence-electron chi connectivity index (χ0n) is 2.97. The highest BCUT2D eigenvalue weighted by Gasteiger charge is 1.73. The molecule has 0 heterocycles. The fraction of sp³-hybridized carbons (Fsp3) is 1.00. The van der Waals surface area contributed by atoms with Crippen LogP contribution in [0.3, 0.4) is 0 Å². The molecule has 1 N–H and O–H groups in total. The summed E-state index contributed by atoms with van der Waals surface area (Å²) in [5.41, 5.74) is 0. The quantitative estimate of drug-likeness (QED) is 0.233. The standard InChI is InChI=1S/CH5BO2S/c1-2-5-4-3/h2-3H,1H3. The van der Waals surface area contributed by atoms with Crippen molar-refractivity contribution in [3.8, 4) is 0 Å². The Hall–Kier alpha value is 0.335. The monoisotopic (exact) mass is 92.0 g/mol. The normalized spacial score (nSPS) is 7.60. The zero-order chi connectivity index (χ0) is 4.12. The molecule has 0 saturated carbocycles. The maximum atomic E-state index is 7.53. The predicted octanol–water partition coefficient (Wildman–Crippen LogP) is 0.524. The summed E-state index contributed by atoms with van der Waals surface area (Å²) in [6.45, 7) is 2.68. The minimum absolute atomic E-state index is 0.788. The molecule has 0 atom stereocenters. The van der Waals surface area contributed by atoms with Crippen molar-refractivity contribution in [1.82, 2.24) is 0 Å². The second-order valence-electron chi connectivity index (χ2n) is 0.481. The molecule has 30 valence electrons. The molecule has 0 radical (unpaired) electrons. The van der Waals surface area contributed by atoms with E-state index in [0.717, 1.165) is 18.5 Å². The van der Waals surface area contributed by atoms with Crippen molar-refractivity contribution in [2.45, 2.75) is 6.82 Å². The van der Waals surface area contributed by atoms with Crippen molar-refractivity contribution in [2.75, 3.05) is 0 Å². The highest BCUT2D eigenvalue weighted by molar-refractivity contribution is 8.18. The van der Waals surface area contributed by atoms with E-state index in [1.807, 2.05) is 6.82 Å². The molecule has 0 unspecified atom stereocenters. The van der Waals surface area contributed by atoms with Crippen LogP contribution in [-0.4, -0.2) is 11.8 Å². The second kappa shape index (κ2) is 4.33. The molecule has 0 fully saturated rings. The lowest BCUT2D eigenvalue weighted by Crippen LogP contribution is -1.70. The van der Waals surface area contributed by atoms with Crippen molar-refractivity contribution in [1.29, 1.82) is 0 Å². The number of hydrogen-bond donors (Lipinski definition) is 1. The van der Waals surface area contributed by atoms with Gasteiger partial charge in [0.15, 0.2) is 0 Å². The first-order chi connectivity index (χ1) is 2.41. The Morgan fingerprint density at radius 1 is 2.00 bits per heavy atom. The third-order valence-corrected chi connectivity index (χ3v) is 0.512. The molecule has 0 aromatic carbocycles. The Labute approximate surface area is 35.8 Å². The highest BCUT2D eigenvalue weighted by atomic mass is 32.2. The van der Waals surface area contributed by atoms with E-state index in [2.05, 4.69) is 4.33 Å². The molecule has 0 rings (SSSR count). The summed E-state index contributed by atoms with van der Waals surface area (Å²) in [5, 5.41) is 7.53. The summed E-state index contributed by atoms with van der Waals surface area (Å²) in [4.78, 5) is 0. The molecule has 0 aliphatic heterocycles. The Bertz CT molecular complexity index is 17.1. The van der Waals surface area contributed by atoms with Crippen molar-refractivity contribution >= 4 is 18.5 Å². The molecule has 2 nitrogen and oxygen atoms in total. The molecule has 0 spiro atoms. The van der Waals surface area contributed by atoms with Crippen LogP contribution in [0.1, 0.15) is 0 Å². The van der Waals surface area contributed by atoms with Gasteiger partial charge in [0.05, 0.1) is 0 Å². The van der Waals surface area contributed by atoms with Gasteiger partial charge in [0.2, 0.25) is 6.56 Å². The smallest absolute Gasteiger partial charge is 0.229 e. The minimum atomic E-state index is 0.788. The van der Waals surface area contributed by atoms with Crippen LogP contribution in [0.5, 0.6) is 0 Å². The van der Waals surface area contributed by atoms with Crippen molar-refractivity contribution in [2.24, 2.45) is 0 Å². The van der Waals surface area contributed by atoms with Crippen LogP contribution >= 0.6 is 11.9 Å². The Morgan fingerprint density at radius 2 is 2.60 bits per heavy atom. The van der Waals surface area contributed by atoms with E-state index >= 15 is 0 Å². The van der Waals surface area contributed by atoms with E-state index in [1.165, 1.54) is 0 Å². The van der Waals surface area contributed by atoms with Crippen LogP contribution in [0, 0.1) is 0 Å². The van der Waals surface area contributed by atoms with Crippen LogP contribution in [0.4, 0.5) is 0 Å². The van der Waals surface area contributed by atoms with E-state index in [0.29, 0.717) is 0 Å². The van der Waals surface area contributed by atoms with Gasteiger partial charge in [-0.05, 0) is 11.9 Å². The molecule has 0 bridgehead atoms. The van der Waals surface area contributed by atoms with E-state index in [9.17, 15) is 0 Å². The Balaban J connectivity index is 2.19. The van der Waals surface area contributed by atoms with Gasteiger partial charge in [0.25, 0.3) is 0 Å². The molecule has 0 saturated heterocycles. The van der Waals surface area contributed by atoms with E-state index in [-0.39, 0.29) is 0 Å². The lowest BCUT2D eigenvalue weighted by molar-refractivity contribution is -0.114. The van der Waals surface area contributed by atoms with Gasteiger partial charge in [-0.1, -0.05) is 6.82 Å². The summed E-state index contributed by atoms with van der Waals surface area (Å²) < 4.78 is 3.61. The van der Waals surface area contributed by atoms with Crippen molar-refractivity contribution < 1.29 is 9.59 Å². The van der Waals surface area contributed by atoms with Gasteiger partial charge in [0, 0.05) is 0 Å². The predicted molar refractivity (Wildman–Crippen MR) is 24.3 cm³/mol. The first-order valence-corrected chi connectivity index (χ1v) is 2.26. The fourth-order valence-corrected chi connectivity index (χ4v) is 0.158. The summed E-state index contributed by atoms with van der Waals surface area (Å²) >= 11 is 1.02. The SMILES string of the molecule is CBSOO. The van der Waals surface area contributed by atoms with Crippen LogP contribution in [-0.2, 0) is 4.33 Å². The van der Waals surface area contributed by atoms with Crippen molar-refractivity contribution in [3.05, 3.63) is 0 Å². The molecule has 4 heteroatoms. The van der Waals surface area contributed by atoms with Gasteiger partial charge >= 0.3 is 0 Å². The fourth-order valence-electron chi connectivity index (χ4n) is 0.0527. The first kappa shape index (κ1) is 5.33. The maximum Gasteiger partial charge on any atom is 0.229 e. The maximum absolute atomic E-state index is 7.53. The van der Waals surface area contributed by atoms with Gasteiger partial charge in [-0.2, -0.15) is 4.33 Å². The summed E-state index contributed by atoms with van der Waals surface area (Å²) in [6, 6.07) is 0. The Morgan fingerprint density at radius 3 is 2.60 bits per heavy atom. The second-order valence-corrected chi connectivity index (χ2v) is 1.44. The summed E-state index contributed by atoms with van der Waals surface area (Å²) in [7, 11) is 0. The van der Waals surface area contributed by atoms with Crippen LogP contribution in [0.25, 0.3) is 0 Å². The zero-order valence-corrected chi connectivity index (χ0v) is 3.79. The highest BCUT2D eigenvalue weighted by Crippen LogP contribution is 1.90. The third kappa shape index (κ3) is 4.33. The topological polar surface area (TPSA) is 29.5 Å². The molecular formula is CH5BO2S. The summed E-state index contributed by atoms with van der Waals surface area (Å²) in [6.07, 6.45) is 0. The van der Waals surface area contributed by atoms with Crippen LogP contribution < -0.4 is 0 Å². The third-order valence-electron chi connectivity index (χ3n) is 0.171. The largest absolute Gasteiger partial charge is 0.240 e. The lowest BCUT2D eigenvalue weighted by atomic mass is 10.2. The van der Waals surface area contributed by atoms with Crippen LogP contribution in [0.15, 0.2) is 0 Å². The molecule has 0 aliphatic carbocycles. The average molecular weight is 91.9 g/mol. The van der Waals surface area contributed by atoms with Gasteiger partial charge in [-0.25, -0.2) is 5.26 Å². The van der Waals surface area contributed by atoms with Gasteiger partial charge in [-0.3, -0.25) is 0 Å². The Kier molecular flexibility index (Phi) is 4.63. The molecule has 0 aliphatic rings. The van der Waals surface area contributed by atoms with E-state index in [1.54, 1.807) is 0 Å².